The summed E-state index contributed by atoms with van der Waals surface area (Å²) in [5, 5.41) is 0. The second-order valence-corrected chi connectivity index (χ2v) is 8.01. The average molecular weight is 401 g/mol. The van der Waals surface area contributed by atoms with Gasteiger partial charge in [0.1, 0.15) is 6.10 Å². The van der Waals surface area contributed by atoms with Crippen molar-refractivity contribution in [2.75, 3.05) is 27.8 Å². The number of likely N-dealkylation sites (tertiary alicyclic amines) is 1. The molecule has 0 amide bonds. The predicted molar refractivity (Wildman–Crippen MR) is 100 cm³/mol. The van der Waals surface area contributed by atoms with Gasteiger partial charge in [0.25, 0.3) is 0 Å². The van der Waals surface area contributed by atoms with Gasteiger partial charge in [0.2, 0.25) is 0 Å². The van der Waals surface area contributed by atoms with Crippen molar-refractivity contribution in [1.82, 2.24) is 4.90 Å². The second kappa shape index (κ2) is 6.38. The van der Waals surface area contributed by atoms with Gasteiger partial charge in [-0.1, -0.05) is 12.1 Å². The Balaban J connectivity index is 1.66. The van der Waals surface area contributed by atoms with Crippen LogP contribution >= 0.6 is 0 Å². The molecule has 0 saturated carbocycles. The molecule has 2 bridgehead atoms. The Bertz CT molecular complexity index is 913. The van der Waals surface area contributed by atoms with E-state index >= 15 is 0 Å². The minimum atomic E-state index is -0.800. The van der Waals surface area contributed by atoms with E-state index in [1.54, 1.807) is 6.07 Å². The summed E-state index contributed by atoms with van der Waals surface area (Å²) in [6.45, 7) is 0.904. The van der Waals surface area contributed by atoms with Gasteiger partial charge in [0, 0.05) is 22.9 Å². The Kier molecular flexibility index (Phi) is 4.03. The van der Waals surface area contributed by atoms with Crippen molar-refractivity contribution < 1.29 is 33.3 Å². The number of hydrogen-bond donors (Lipinski definition) is 0. The van der Waals surface area contributed by atoms with Crippen molar-refractivity contribution in [3.63, 3.8) is 0 Å². The summed E-state index contributed by atoms with van der Waals surface area (Å²) in [6, 6.07) is 4.08. The Morgan fingerprint density at radius 1 is 1.17 bits per heavy atom. The van der Waals surface area contributed by atoms with Crippen molar-refractivity contribution in [1.29, 1.82) is 0 Å². The summed E-state index contributed by atoms with van der Waals surface area (Å²) in [5.74, 6) is 1.09. The van der Waals surface area contributed by atoms with Crippen molar-refractivity contribution in [3.8, 4) is 11.5 Å². The van der Waals surface area contributed by atoms with Crippen molar-refractivity contribution in [2.24, 2.45) is 5.92 Å². The zero-order valence-electron chi connectivity index (χ0n) is 16.5. The van der Waals surface area contributed by atoms with Gasteiger partial charge in [-0.25, -0.2) is 9.59 Å². The molecule has 0 radical (unpaired) electrons. The molecule has 2 heterocycles. The molecule has 0 N–H and O–H groups in total. The SMILES string of the molecule is COC(=O)Oc1ccc2c3c1O[C@H]1[C@@H](OC(=O)OC)C=C[C@H]4[C@@H](C2)N(C)CC[C@@]341. The summed E-state index contributed by atoms with van der Waals surface area (Å²) >= 11 is 0. The first kappa shape index (κ1) is 18.3. The molecule has 0 unspecified atom stereocenters. The van der Waals surface area contributed by atoms with Gasteiger partial charge in [-0.2, -0.15) is 0 Å². The van der Waals surface area contributed by atoms with Gasteiger partial charge in [0.05, 0.1) is 14.2 Å². The highest BCUT2D eigenvalue weighted by Crippen LogP contribution is 2.62. The maximum Gasteiger partial charge on any atom is 0.513 e. The van der Waals surface area contributed by atoms with Crippen LogP contribution in [0.4, 0.5) is 9.59 Å². The molecule has 8 heteroatoms. The maximum atomic E-state index is 11.9. The van der Waals surface area contributed by atoms with Crippen molar-refractivity contribution in [2.45, 2.75) is 36.5 Å². The monoisotopic (exact) mass is 401 g/mol. The fraction of sp³-hybridized carbons (Fsp3) is 0.524. The number of likely N-dealkylation sites (N-methyl/N-ethyl adjacent to an activating group) is 1. The average Bonchev–Trinajstić information content (AvgIpc) is 3.08. The molecule has 5 atom stereocenters. The molecule has 2 aliphatic heterocycles. The zero-order valence-corrected chi connectivity index (χ0v) is 16.5. The molecule has 1 aromatic carbocycles. The molecule has 2 aliphatic carbocycles. The topological polar surface area (TPSA) is 83.5 Å². The molecule has 5 rings (SSSR count). The van der Waals surface area contributed by atoms with E-state index in [0.717, 1.165) is 24.9 Å². The van der Waals surface area contributed by atoms with Crippen LogP contribution in [0.25, 0.3) is 0 Å². The molecule has 154 valence electrons. The quantitative estimate of drug-likeness (QED) is 0.425. The van der Waals surface area contributed by atoms with Crippen LogP contribution in [0, 0.1) is 5.92 Å². The second-order valence-electron chi connectivity index (χ2n) is 8.01. The van der Waals surface area contributed by atoms with Gasteiger partial charge < -0.3 is 28.6 Å². The number of methoxy groups -OCH3 is 2. The molecule has 0 aromatic heterocycles. The lowest BCUT2D eigenvalue weighted by molar-refractivity contribution is -0.0606. The Labute approximate surface area is 168 Å². The van der Waals surface area contributed by atoms with Gasteiger partial charge >= 0.3 is 12.3 Å². The summed E-state index contributed by atoms with van der Waals surface area (Å²) in [5.41, 5.74) is 1.91. The number of hydrogen-bond acceptors (Lipinski definition) is 8. The van der Waals surface area contributed by atoms with Crippen LogP contribution < -0.4 is 9.47 Å². The van der Waals surface area contributed by atoms with Crippen LogP contribution in [0.15, 0.2) is 24.3 Å². The third kappa shape index (κ3) is 2.41. The first-order valence-electron chi connectivity index (χ1n) is 9.71. The van der Waals surface area contributed by atoms with Crippen LogP contribution in [0.2, 0.25) is 0 Å². The Hall–Kier alpha value is -2.74. The molecule has 4 aliphatic rings. The normalized spacial score (nSPS) is 33.3. The van der Waals surface area contributed by atoms with Crippen LogP contribution in [0.3, 0.4) is 0 Å². The van der Waals surface area contributed by atoms with E-state index in [1.807, 2.05) is 12.1 Å². The van der Waals surface area contributed by atoms with E-state index in [2.05, 4.69) is 22.8 Å². The van der Waals surface area contributed by atoms with Crippen LogP contribution in [0.1, 0.15) is 17.5 Å². The molecule has 8 nitrogen and oxygen atoms in total. The molecule has 1 saturated heterocycles. The zero-order chi connectivity index (χ0) is 20.3. The molecule has 1 aromatic rings. The summed E-state index contributed by atoms with van der Waals surface area (Å²) < 4.78 is 26.7. The van der Waals surface area contributed by atoms with E-state index in [-0.39, 0.29) is 11.3 Å². The highest BCUT2D eigenvalue weighted by molar-refractivity contribution is 5.69. The summed E-state index contributed by atoms with van der Waals surface area (Å²) in [6.07, 6.45) is 3.23. The minimum Gasteiger partial charge on any atom is -0.481 e. The molecular formula is C21H23NO7. The number of rotatable bonds is 2. The smallest absolute Gasteiger partial charge is 0.481 e. The maximum absolute atomic E-state index is 11.9. The van der Waals surface area contributed by atoms with Crippen molar-refractivity contribution in [3.05, 3.63) is 35.4 Å². The van der Waals surface area contributed by atoms with E-state index in [4.69, 9.17) is 18.9 Å². The van der Waals surface area contributed by atoms with Gasteiger partial charge in [-0.3, -0.25) is 0 Å². The Morgan fingerprint density at radius 3 is 2.72 bits per heavy atom. The highest BCUT2D eigenvalue weighted by atomic mass is 16.7. The Morgan fingerprint density at radius 2 is 1.97 bits per heavy atom. The molecule has 1 fully saturated rings. The van der Waals surface area contributed by atoms with Gasteiger partial charge in [-0.15, -0.1) is 0 Å². The lowest BCUT2D eigenvalue weighted by atomic mass is 9.53. The third-order valence-corrected chi connectivity index (χ3v) is 6.87. The van der Waals surface area contributed by atoms with Gasteiger partial charge in [-0.05, 0) is 44.1 Å². The number of nitrogens with zero attached hydrogens (tertiary/aromatic N) is 1. The van der Waals surface area contributed by atoms with E-state index < -0.39 is 24.5 Å². The largest absolute Gasteiger partial charge is 0.513 e. The van der Waals surface area contributed by atoms with E-state index in [0.29, 0.717) is 17.5 Å². The fourth-order valence-electron chi connectivity index (χ4n) is 5.68. The van der Waals surface area contributed by atoms with Crippen LogP contribution in [-0.2, 0) is 26.0 Å². The lowest BCUT2D eigenvalue weighted by Gasteiger charge is -2.56. The van der Waals surface area contributed by atoms with E-state index in [9.17, 15) is 9.59 Å². The van der Waals surface area contributed by atoms with Crippen LogP contribution in [0.5, 0.6) is 11.5 Å². The number of piperidine rings is 1. The minimum absolute atomic E-state index is 0.214. The molecule has 29 heavy (non-hydrogen) atoms. The highest BCUT2D eigenvalue weighted by Gasteiger charge is 2.65. The number of carbonyl (C=O) groups excluding carboxylic acids is 2. The molecular weight excluding hydrogens is 378 g/mol. The predicted octanol–water partition coefficient (Wildman–Crippen LogP) is 2.43. The number of carbonyl (C=O) groups is 2. The van der Waals surface area contributed by atoms with Crippen LogP contribution in [-0.4, -0.2) is 63.3 Å². The first-order chi connectivity index (χ1) is 14.0. The fourth-order valence-corrected chi connectivity index (χ4v) is 5.68. The summed E-state index contributed by atoms with van der Waals surface area (Å²) in [4.78, 5) is 26.0. The number of benzene rings is 1. The third-order valence-electron chi connectivity index (χ3n) is 6.87. The van der Waals surface area contributed by atoms with Crippen molar-refractivity contribution >= 4 is 12.3 Å². The van der Waals surface area contributed by atoms with Gasteiger partial charge in [0.15, 0.2) is 17.6 Å². The number of ether oxygens (including phenoxy) is 5. The standard InChI is InChI=1S/C21H23NO7/c1-22-9-8-21-12-5-7-15(28-20(24)26-3)18(21)29-17-14(27-19(23)25-2)6-4-11(16(17)21)10-13(12)22/h4-7,12-13,15,18H,8-10H2,1-3H3/t12-,13+,15-,18-,21-/m0/s1. The lowest BCUT2D eigenvalue weighted by Crippen LogP contribution is -2.65. The summed E-state index contributed by atoms with van der Waals surface area (Å²) in [7, 11) is 4.70. The van der Waals surface area contributed by atoms with E-state index in [1.165, 1.54) is 19.8 Å². The first-order valence-corrected chi connectivity index (χ1v) is 9.71. The molecule has 1 spiro atoms.